The van der Waals surface area contributed by atoms with E-state index in [2.05, 4.69) is 10.4 Å². The lowest BCUT2D eigenvalue weighted by atomic mass is 10.1. The van der Waals surface area contributed by atoms with Crippen LogP contribution >= 0.6 is 11.6 Å². The first-order valence-electron chi connectivity index (χ1n) is 6.90. The Morgan fingerprint density at radius 3 is 3.20 bits per heavy atom. The molecule has 0 aliphatic carbocycles. The minimum absolute atomic E-state index is 0.617. The van der Waals surface area contributed by atoms with E-state index in [-0.39, 0.29) is 0 Å². The first-order chi connectivity index (χ1) is 9.79. The third kappa shape index (κ3) is 3.52. The number of halogens is 1. The molecule has 1 unspecified atom stereocenters. The van der Waals surface area contributed by atoms with Crippen molar-refractivity contribution in [3.63, 3.8) is 0 Å². The number of ether oxygens (including phenoxy) is 1. The Hall–Kier alpha value is -1.52. The summed E-state index contributed by atoms with van der Waals surface area (Å²) >= 11 is 5.98. The molecule has 1 aliphatic heterocycles. The van der Waals surface area contributed by atoms with Gasteiger partial charge in [0.25, 0.3) is 0 Å². The Labute approximate surface area is 123 Å². The molecule has 0 spiro atoms. The van der Waals surface area contributed by atoms with Crippen molar-refractivity contribution in [3.8, 4) is 5.75 Å². The summed E-state index contributed by atoms with van der Waals surface area (Å²) in [6.07, 6.45) is 4.90. The van der Waals surface area contributed by atoms with E-state index in [0.29, 0.717) is 12.5 Å². The van der Waals surface area contributed by atoms with E-state index < -0.39 is 0 Å². The van der Waals surface area contributed by atoms with E-state index in [1.807, 2.05) is 35.1 Å². The van der Waals surface area contributed by atoms with Gasteiger partial charge in [0.2, 0.25) is 0 Å². The van der Waals surface area contributed by atoms with Gasteiger partial charge in [-0.25, -0.2) is 0 Å². The van der Waals surface area contributed by atoms with Gasteiger partial charge < -0.3 is 10.1 Å². The van der Waals surface area contributed by atoms with Crippen molar-refractivity contribution in [1.29, 1.82) is 0 Å². The normalized spacial score (nSPS) is 18.4. The molecule has 0 saturated carbocycles. The number of hydrogen-bond donors (Lipinski definition) is 1. The predicted molar refractivity (Wildman–Crippen MR) is 79.3 cm³/mol. The van der Waals surface area contributed by atoms with Crippen LogP contribution in [-0.4, -0.2) is 29.5 Å². The molecule has 20 heavy (non-hydrogen) atoms. The van der Waals surface area contributed by atoms with Crippen LogP contribution in [0.3, 0.4) is 0 Å². The van der Waals surface area contributed by atoms with Crippen LogP contribution in [0.5, 0.6) is 5.75 Å². The van der Waals surface area contributed by atoms with Gasteiger partial charge in [-0.15, -0.1) is 0 Å². The summed E-state index contributed by atoms with van der Waals surface area (Å²) in [6, 6.07) is 7.82. The molecule has 1 fully saturated rings. The maximum atomic E-state index is 5.98. The SMILES string of the molecule is Clc1cccc(Cn2cc(OCC3CCNC3)cn2)c1. The van der Waals surface area contributed by atoms with Gasteiger partial charge in [0.15, 0.2) is 5.75 Å². The monoisotopic (exact) mass is 291 g/mol. The maximum Gasteiger partial charge on any atom is 0.157 e. The fraction of sp³-hybridized carbons (Fsp3) is 0.400. The van der Waals surface area contributed by atoms with Crippen molar-refractivity contribution < 1.29 is 4.74 Å². The van der Waals surface area contributed by atoms with Crippen LogP contribution in [0.1, 0.15) is 12.0 Å². The third-order valence-electron chi connectivity index (χ3n) is 3.49. The topological polar surface area (TPSA) is 39.1 Å². The first-order valence-corrected chi connectivity index (χ1v) is 7.28. The minimum atomic E-state index is 0.617. The maximum absolute atomic E-state index is 5.98. The van der Waals surface area contributed by atoms with Crippen LogP contribution in [0.2, 0.25) is 5.02 Å². The molecule has 2 aromatic rings. The summed E-state index contributed by atoms with van der Waals surface area (Å²) in [6.45, 7) is 3.61. The van der Waals surface area contributed by atoms with Crippen molar-refractivity contribution in [3.05, 3.63) is 47.2 Å². The highest BCUT2D eigenvalue weighted by molar-refractivity contribution is 6.30. The van der Waals surface area contributed by atoms with Gasteiger partial charge in [0.05, 0.1) is 25.5 Å². The first kappa shape index (κ1) is 13.5. The van der Waals surface area contributed by atoms with Crippen LogP contribution in [0.25, 0.3) is 0 Å². The van der Waals surface area contributed by atoms with E-state index in [1.165, 1.54) is 6.42 Å². The Bertz CT molecular complexity index is 564. The molecule has 0 radical (unpaired) electrons. The second-order valence-corrected chi connectivity index (χ2v) is 5.61. The number of hydrogen-bond acceptors (Lipinski definition) is 3. The summed E-state index contributed by atoms with van der Waals surface area (Å²) in [5.41, 5.74) is 1.13. The zero-order valence-corrected chi connectivity index (χ0v) is 12.0. The van der Waals surface area contributed by atoms with Crippen molar-refractivity contribution in [2.75, 3.05) is 19.7 Å². The van der Waals surface area contributed by atoms with Gasteiger partial charge in [-0.3, -0.25) is 4.68 Å². The predicted octanol–water partition coefficient (Wildman–Crippen LogP) is 2.57. The molecule has 0 amide bonds. The quantitative estimate of drug-likeness (QED) is 0.920. The van der Waals surface area contributed by atoms with Crippen LogP contribution in [0.4, 0.5) is 0 Å². The molecule has 1 saturated heterocycles. The summed E-state index contributed by atoms with van der Waals surface area (Å²) < 4.78 is 7.65. The third-order valence-corrected chi connectivity index (χ3v) is 3.73. The number of benzene rings is 1. The molecule has 1 atom stereocenters. The molecular formula is C15H18ClN3O. The minimum Gasteiger partial charge on any atom is -0.490 e. The highest BCUT2D eigenvalue weighted by Crippen LogP contribution is 2.15. The van der Waals surface area contributed by atoms with Crippen LogP contribution < -0.4 is 10.1 Å². The fourth-order valence-electron chi connectivity index (χ4n) is 2.40. The lowest BCUT2D eigenvalue weighted by molar-refractivity contribution is 0.260. The van der Waals surface area contributed by atoms with Crippen molar-refractivity contribution in [2.45, 2.75) is 13.0 Å². The average Bonchev–Trinajstić information content (AvgIpc) is 3.07. The smallest absolute Gasteiger partial charge is 0.157 e. The van der Waals surface area contributed by atoms with E-state index in [0.717, 1.165) is 36.0 Å². The lowest BCUT2D eigenvalue weighted by Gasteiger charge is -2.08. The van der Waals surface area contributed by atoms with Crippen LogP contribution in [0, 0.1) is 5.92 Å². The molecule has 1 aliphatic rings. The molecule has 4 nitrogen and oxygen atoms in total. The number of aromatic nitrogens is 2. The molecule has 5 heteroatoms. The van der Waals surface area contributed by atoms with Gasteiger partial charge in [0, 0.05) is 17.5 Å². The van der Waals surface area contributed by atoms with Crippen LogP contribution in [-0.2, 0) is 6.54 Å². The summed E-state index contributed by atoms with van der Waals surface area (Å²) in [7, 11) is 0. The summed E-state index contributed by atoms with van der Waals surface area (Å²) in [5.74, 6) is 1.45. The van der Waals surface area contributed by atoms with E-state index in [4.69, 9.17) is 16.3 Å². The van der Waals surface area contributed by atoms with Gasteiger partial charge in [-0.1, -0.05) is 23.7 Å². The Morgan fingerprint density at radius 2 is 2.40 bits per heavy atom. The highest BCUT2D eigenvalue weighted by Gasteiger charge is 2.15. The van der Waals surface area contributed by atoms with E-state index in [1.54, 1.807) is 6.20 Å². The summed E-state index contributed by atoms with van der Waals surface area (Å²) in [5, 5.41) is 8.41. The molecule has 1 aromatic carbocycles. The van der Waals surface area contributed by atoms with Crippen molar-refractivity contribution in [2.24, 2.45) is 5.92 Å². The average molecular weight is 292 g/mol. The molecule has 1 aromatic heterocycles. The molecule has 1 N–H and O–H groups in total. The Kier molecular flexibility index (Phi) is 4.23. The fourth-order valence-corrected chi connectivity index (χ4v) is 2.61. The van der Waals surface area contributed by atoms with Gasteiger partial charge >= 0.3 is 0 Å². The largest absolute Gasteiger partial charge is 0.490 e. The second kappa shape index (κ2) is 6.29. The Balaban J connectivity index is 1.56. The van der Waals surface area contributed by atoms with E-state index in [9.17, 15) is 0 Å². The highest BCUT2D eigenvalue weighted by atomic mass is 35.5. The van der Waals surface area contributed by atoms with Gasteiger partial charge in [-0.05, 0) is 30.7 Å². The molecular weight excluding hydrogens is 274 g/mol. The Morgan fingerprint density at radius 1 is 1.45 bits per heavy atom. The second-order valence-electron chi connectivity index (χ2n) is 5.17. The summed E-state index contributed by atoms with van der Waals surface area (Å²) in [4.78, 5) is 0. The molecule has 0 bridgehead atoms. The zero-order valence-electron chi connectivity index (χ0n) is 11.3. The standard InChI is InChI=1S/C15H18ClN3O/c16-14-3-1-2-12(6-14)9-19-10-15(8-18-19)20-11-13-4-5-17-7-13/h1-3,6,8,10,13,17H,4-5,7,9,11H2. The van der Waals surface area contributed by atoms with Gasteiger partial charge in [-0.2, -0.15) is 5.10 Å². The number of rotatable bonds is 5. The zero-order chi connectivity index (χ0) is 13.8. The van der Waals surface area contributed by atoms with Crippen molar-refractivity contribution in [1.82, 2.24) is 15.1 Å². The van der Waals surface area contributed by atoms with Crippen LogP contribution in [0.15, 0.2) is 36.7 Å². The number of nitrogens with one attached hydrogen (secondary N) is 1. The van der Waals surface area contributed by atoms with Gasteiger partial charge in [0.1, 0.15) is 0 Å². The van der Waals surface area contributed by atoms with E-state index >= 15 is 0 Å². The lowest BCUT2D eigenvalue weighted by Crippen LogP contribution is -2.15. The molecule has 2 heterocycles. The molecule has 106 valence electrons. The molecule has 3 rings (SSSR count). The van der Waals surface area contributed by atoms with Crippen molar-refractivity contribution >= 4 is 11.6 Å². The number of nitrogens with zero attached hydrogens (tertiary/aromatic N) is 2.